The number of anilines is 1. The number of nitrogens with zero attached hydrogens (tertiary/aromatic N) is 1. The third kappa shape index (κ3) is 4.57. The lowest BCUT2D eigenvalue weighted by Gasteiger charge is -2.21. The molecule has 1 unspecified atom stereocenters. The molecule has 1 N–H and O–H groups in total. The fourth-order valence-corrected chi connectivity index (χ4v) is 3.82. The first-order valence-corrected chi connectivity index (χ1v) is 7.76. The molecule has 0 bridgehead atoms. The summed E-state index contributed by atoms with van der Waals surface area (Å²) in [5.41, 5.74) is 4.11. The number of hydrogen-bond donors (Lipinski definition) is 1. The number of rotatable bonds is 2. The van der Waals surface area contributed by atoms with Gasteiger partial charge in [0, 0.05) is 10.9 Å². The molecule has 1 atom stereocenters. The minimum Gasteiger partial charge on any atom is -0.335 e. The molecule has 0 saturated carbocycles. The fraction of sp³-hybridized carbons (Fsp3) is 0.562. The lowest BCUT2D eigenvalue weighted by atomic mass is 9.90. The van der Waals surface area contributed by atoms with Crippen molar-refractivity contribution in [3.05, 3.63) is 29.3 Å². The van der Waals surface area contributed by atoms with Crippen molar-refractivity contribution >= 4 is 22.6 Å². The Morgan fingerprint density at radius 2 is 1.84 bits per heavy atom. The molecule has 0 saturated heterocycles. The van der Waals surface area contributed by atoms with Crippen LogP contribution in [0.4, 0.5) is 5.69 Å². The molecular weight excluding hydrogens is 252 g/mol. The number of amidine groups is 1. The largest absolute Gasteiger partial charge is 0.335 e. The van der Waals surface area contributed by atoms with E-state index in [9.17, 15) is 0 Å². The van der Waals surface area contributed by atoms with Gasteiger partial charge < -0.3 is 5.32 Å². The number of nitrogens with one attached hydrogen (secondary N) is 1. The Hall–Kier alpha value is -0.960. The minimum atomic E-state index is 0.378. The third-order valence-electron chi connectivity index (χ3n) is 3.03. The molecule has 0 aromatic heterocycles. The molecular formula is C16H24N2S. The van der Waals surface area contributed by atoms with Gasteiger partial charge in [0.15, 0.2) is 5.17 Å². The molecule has 2 nitrogen and oxygen atoms in total. The molecule has 104 valence electrons. The number of hydrogen-bond acceptors (Lipinski definition) is 3. The molecule has 0 amide bonds. The zero-order valence-corrected chi connectivity index (χ0v) is 13.4. The molecule has 1 aliphatic rings. The predicted octanol–water partition coefficient (Wildman–Crippen LogP) is 4.62. The van der Waals surface area contributed by atoms with Gasteiger partial charge in [-0.3, -0.25) is 4.99 Å². The maximum absolute atomic E-state index is 4.62. The van der Waals surface area contributed by atoms with E-state index in [1.807, 2.05) is 11.8 Å². The number of aryl methyl sites for hydroxylation is 2. The van der Waals surface area contributed by atoms with Crippen LogP contribution in [-0.2, 0) is 0 Å². The zero-order chi connectivity index (χ0) is 14.0. The van der Waals surface area contributed by atoms with Gasteiger partial charge in [-0.15, -0.1) is 0 Å². The van der Waals surface area contributed by atoms with Crippen LogP contribution in [0.2, 0.25) is 0 Å². The number of thioether (sulfide) groups is 1. The maximum atomic E-state index is 4.62. The van der Waals surface area contributed by atoms with E-state index in [1.165, 1.54) is 17.5 Å². The van der Waals surface area contributed by atoms with Gasteiger partial charge in [-0.05, 0) is 48.9 Å². The molecule has 0 fully saturated rings. The number of benzene rings is 1. The molecule has 1 aromatic carbocycles. The van der Waals surface area contributed by atoms with Crippen LogP contribution in [0.3, 0.4) is 0 Å². The first kappa shape index (κ1) is 14.4. The molecule has 0 aliphatic carbocycles. The third-order valence-corrected chi connectivity index (χ3v) is 4.13. The van der Waals surface area contributed by atoms with Crippen LogP contribution in [0.25, 0.3) is 0 Å². The standard InChI is InChI=1S/C16H24N2S/c1-11-6-12(2)8-13(7-11)18-15-17-10-14(19-15)9-16(3,4)5/h6-8,14H,9-10H2,1-5H3,(H,17,18). The van der Waals surface area contributed by atoms with Gasteiger partial charge in [0.25, 0.3) is 0 Å². The normalized spacial score (nSPS) is 19.4. The van der Waals surface area contributed by atoms with Gasteiger partial charge in [-0.1, -0.05) is 38.6 Å². The van der Waals surface area contributed by atoms with Crippen LogP contribution in [0, 0.1) is 19.3 Å². The second kappa shape index (κ2) is 5.58. The van der Waals surface area contributed by atoms with E-state index >= 15 is 0 Å². The van der Waals surface area contributed by atoms with Crippen molar-refractivity contribution in [1.29, 1.82) is 0 Å². The van der Waals surface area contributed by atoms with Crippen molar-refractivity contribution in [2.75, 3.05) is 11.9 Å². The lowest BCUT2D eigenvalue weighted by molar-refractivity contribution is 0.375. The van der Waals surface area contributed by atoms with Gasteiger partial charge >= 0.3 is 0 Å². The highest BCUT2D eigenvalue weighted by Crippen LogP contribution is 2.32. The van der Waals surface area contributed by atoms with Crippen molar-refractivity contribution < 1.29 is 0 Å². The van der Waals surface area contributed by atoms with Crippen LogP contribution in [0.15, 0.2) is 23.2 Å². The summed E-state index contributed by atoms with van der Waals surface area (Å²) in [7, 11) is 0. The molecule has 19 heavy (non-hydrogen) atoms. The summed E-state index contributed by atoms with van der Waals surface area (Å²) in [6.07, 6.45) is 1.21. The van der Waals surface area contributed by atoms with Gasteiger partial charge in [0.05, 0.1) is 6.54 Å². The Labute approximate surface area is 121 Å². The van der Waals surface area contributed by atoms with Crippen LogP contribution < -0.4 is 5.32 Å². The van der Waals surface area contributed by atoms with E-state index in [-0.39, 0.29) is 0 Å². The van der Waals surface area contributed by atoms with Gasteiger partial charge in [-0.25, -0.2) is 0 Å². The lowest BCUT2D eigenvalue weighted by Crippen LogP contribution is -2.16. The molecule has 1 aromatic rings. The summed E-state index contributed by atoms with van der Waals surface area (Å²) in [5, 5.41) is 5.14. The quantitative estimate of drug-likeness (QED) is 0.852. The summed E-state index contributed by atoms with van der Waals surface area (Å²) < 4.78 is 0. The van der Waals surface area contributed by atoms with E-state index in [0.717, 1.165) is 17.4 Å². The number of aliphatic imine (C=N–C) groups is 1. The Morgan fingerprint density at radius 3 is 2.42 bits per heavy atom. The summed E-state index contributed by atoms with van der Waals surface area (Å²) in [5.74, 6) is 0. The highest BCUT2D eigenvalue weighted by atomic mass is 32.2. The summed E-state index contributed by atoms with van der Waals surface area (Å²) in [4.78, 5) is 4.62. The second-order valence-corrected chi connectivity index (χ2v) is 7.94. The average Bonchev–Trinajstić information content (AvgIpc) is 2.60. The van der Waals surface area contributed by atoms with Crippen LogP contribution in [0.5, 0.6) is 0 Å². The van der Waals surface area contributed by atoms with Crippen LogP contribution in [-0.4, -0.2) is 17.0 Å². The second-order valence-electron chi connectivity index (χ2n) is 6.65. The Kier molecular flexibility index (Phi) is 4.24. The van der Waals surface area contributed by atoms with E-state index in [4.69, 9.17) is 0 Å². The topological polar surface area (TPSA) is 24.4 Å². The predicted molar refractivity (Wildman–Crippen MR) is 87.3 cm³/mol. The minimum absolute atomic E-state index is 0.378. The summed E-state index contributed by atoms with van der Waals surface area (Å²) >= 11 is 1.88. The molecule has 1 heterocycles. The molecule has 0 spiro atoms. The smallest absolute Gasteiger partial charge is 0.161 e. The SMILES string of the molecule is Cc1cc(C)cc(NC2=NCC(CC(C)(C)C)S2)c1. The van der Waals surface area contributed by atoms with Crippen molar-refractivity contribution in [2.45, 2.75) is 46.3 Å². The summed E-state index contributed by atoms with van der Waals surface area (Å²) in [6, 6.07) is 6.54. The average molecular weight is 276 g/mol. The Morgan fingerprint density at radius 1 is 1.21 bits per heavy atom. The Bertz CT molecular complexity index is 466. The van der Waals surface area contributed by atoms with Gasteiger partial charge in [0.1, 0.15) is 0 Å². The molecule has 2 rings (SSSR count). The van der Waals surface area contributed by atoms with Gasteiger partial charge in [0.2, 0.25) is 0 Å². The van der Waals surface area contributed by atoms with Crippen molar-refractivity contribution in [2.24, 2.45) is 10.4 Å². The van der Waals surface area contributed by atoms with Crippen molar-refractivity contribution in [3.63, 3.8) is 0 Å². The zero-order valence-electron chi connectivity index (χ0n) is 12.6. The van der Waals surface area contributed by atoms with E-state index in [2.05, 4.69) is 63.1 Å². The fourth-order valence-electron chi connectivity index (χ4n) is 2.45. The van der Waals surface area contributed by atoms with Crippen molar-refractivity contribution in [1.82, 2.24) is 0 Å². The van der Waals surface area contributed by atoms with Crippen molar-refractivity contribution in [3.8, 4) is 0 Å². The van der Waals surface area contributed by atoms with Crippen LogP contribution >= 0.6 is 11.8 Å². The Balaban J connectivity index is 1.95. The maximum Gasteiger partial charge on any atom is 0.161 e. The summed E-state index contributed by atoms with van der Waals surface area (Å²) in [6.45, 7) is 12.1. The molecule has 1 aliphatic heterocycles. The monoisotopic (exact) mass is 276 g/mol. The highest BCUT2D eigenvalue weighted by Gasteiger charge is 2.24. The van der Waals surface area contributed by atoms with E-state index < -0.39 is 0 Å². The van der Waals surface area contributed by atoms with E-state index in [1.54, 1.807) is 0 Å². The van der Waals surface area contributed by atoms with E-state index in [0.29, 0.717) is 10.7 Å². The van der Waals surface area contributed by atoms with Crippen LogP contribution in [0.1, 0.15) is 38.3 Å². The molecule has 3 heteroatoms. The first-order chi connectivity index (χ1) is 8.82. The molecule has 0 radical (unpaired) electrons. The first-order valence-electron chi connectivity index (χ1n) is 6.88. The highest BCUT2D eigenvalue weighted by molar-refractivity contribution is 8.15. The van der Waals surface area contributed by atoms with Gasteiger partial charge in [-0.2, -0.15) is 0 Å².